The number of aromatic nitrogens is 1. The molecular formula is C37H47FN2O6. The summed E-state index contributed by atoms with van der Waals surface area (Å²) >= 11 is 0. The molecule has 46 heavy (non-hydrogen) atoms. The Balaban J connectivity index is 1.83. The van der Waals surface area contributed by atoms with Crippen LogP contribution in [0.2, 0.25) is 0 Å². The number of aryl methyl sites for hydroxylation is 1. The minimum atomic E-state index is -1.17. The number of piperidine rings is 1. The van der Waals surface area contributed by atoms with Crippen molar-refractivity contribution in [1.29, 1.82) is 0 Å². The topological polar surface area (TPSA) is 98.2 Å². The van der Waals surface area contributed by atoms with E-state index in [9.17, 15) is 19.1 Å². The van der Waals surface area contributed by atoms with E-state index in [1.54, 1.807) is 45.0 Å². The van der Waals surface area contributed by atoms with Crippen molar-refractivity contribution in [2.45, 2.75) is 92.5 Å². The summed E-state index contributed by atoms with van der Waals surface area (Å²) in [7, 11) is 0. The first-order valence-electron chi connectivity index (χ1n) is 15.9. The number of esters is 1. The summed E-state index contributed by atoms with van der Waals surface area (Å²) in [5.41, 5.74) is 2.86. The van der Waals surface area contributed by atoms with Crippen LogP contribution in [0.25, 0.3) is 11.1 Å². The number of halogens is 1. The van der Waals surface area contributed by atoms with Crippen molar-refractivity contribution < 1.29 is 33.3 Å². The minimum Gasteiger partial charge on any atom is -0.493 e. The van der Waals surface area contributed by atoms with Gasteiger partial charge in [-0.2, -0.15) is 0 Å². The molecular weight excluding hydrogens is 587 g/mol. The Kier molecular flexibility index (Phi) is 10.8. The lowest BCUT2D eigenvalue weighted by Gasteiger charge is -2.41. The molecule has 2 aromatic carbocycles. The number of hydrogen-bond acceptors (Lipinski definition) is 7. The van der Waals surface area contributed by atoms with Crippen LogP contribution in [0.5, 0.6) is 5.75 Å². The molecule has 0 radical (unpaired) electrons. The number of benzene rings is 2. The average Bonchev–Trinajstić information content (AvgIpc) is 2.96. The molecule has 248 valence electrons. The first-order valence-corrected chi connectivity index (χ1v) is 15.9. The summed E-state index contributed by atoms with van der Waals surface area (Å²) in [4.78, 5) is 33.3. The van der Waals surface area contributed by atoms with Gasteiger partial charge in [-0.1, -0.05) is 38.1 Å². The van der Waals surface area contributed by atoms with Crippen LogP contribution in [0.4, 0.5) is 10.1 Å². The van der Waals surface area contributed by atoms with Crippen LogP contribution in [0.3, 0.4) is 0 Å². The lowest BCUT2D eigenvalue weighted by molar-refractivity contribution is -0.171. The summed E-state index contributed by atoms with van der Waals surface area (Å²) in [5, 5.41) is 10.4. The van der Waals surface area contributed by atoms with Gasteiger partial charge in [0.1, 0.15) is 11.6 Å². The van der Waals surface area contributed by atoms with Crippen molar-refractivity contribution >= 4 is 17.6 Å². The Hall–Kier alpha value is -3.98. The summed E-state index contributed by atoms with van der Waals surface area (Å²) in [6.07, 6.45) is 0.873. The third-order valence-corrected chi connectivity index (χ3v) is 8.05. The predicted octanol–water partition coefficient (Wildman–Crippen LogP) is 7.95. The van der Waals surface area contributed by atoms with Crippen LogP contribution in [-0.2, 0) is 20.7 Å². The van der Waals surface area contributed by atoms with Crippen LogP contribution in [0.15, 0.2) is 48.5 Å². The lowest BCUT2D eigenvalue weighted by Crippen LogP contribution is -2.40. The Morgan fingerprint density at radius 3 is 2.17 bits per heavy atom. The number of aromatic carboxylic acids is 1. The highest BCUT2D eigenvalue weighted by Crippen LogP contribution is 2.45. The summed E-state index contributed by atoms with van der Waals surface area (Å²) < 4.78 is 31.3. The van der Waals surface area contributed by atoms with E-state index in [-0.39, 0.29) is 23.0 Å². The van der Waals surface area contributed by atoms with E-state index in [0.29, 0.717) is 59.9 Å². The molecule has 3 aromatic rings. The number of carboxylic acids is 1. The number of rotatable bonds is 11. The van der Waals surface area contributed by atoms with Gasteiger partial charge in [-0.05, 0) is 95.2 Å². The number of ether oxygens (including phenoxy) is 3. The third-order valence-electron chi connectivity index (χ3n) is 8.05. The van der Waals surface area contributed by atoms with Gasteiger partial charge < -0.3 is 24.2 Å². The first kappa shape index (κ1) is 34.9. The monoisotopic (exact) mass is 634 g/mol. The highest BCUT2D eigenvalue weighted by atomic mass is 19.1. The van der Waals surface area contributed by atoms with Gasteiger partial charge in [0.25, 0.3) is 0 Å². The maximum absolute atomic E-state index is 13.7. The zero-order valence-corrected chi connectivity index (χ0v) is 28.3. The van der Waals surface area contributed by atoms with Crippen molar-refractivity contribution in [3.05, 3.63) is 76.9 Å². The first-order chi connectivity index (χ1) is 21.5. The molecule has 0 bridgehead atoms. The molecule has 9 heteroatoms. The molecule has 1 fully saturated rings. The Morgan fingerprint density at radius 1 is 1.02 bits per heavy atom. The average molecular weight is 635 g/mol. The van der Waals surface area contributed by atoms with Gasteiger partial charge in [-0.15, -0.1) is 0 Å². The number of nitrogens with zero attached hydrogens (tertiary/aromatic N) is 2. The fraction of sp³-hybridized carbons (Fsp3) is 0.486. The van der Waals surface area contributed by atoms with E-state index in [0.717, 1.165) is 18.4 Å². The molecule has 4 rings (SSSR count). The molecule has 0 amide bonds. The smallest absolute Gasteiger partial charge is 0.355 e. The Bertz CT molecular complexity index is 1520. The van der Waals surface area contributed by atoms with Crippen LogP contribution in [-0.4, -0.2) is 53.4 Å². The summed E-state index contributed by atoms with van der Waals surface area (Å²) in [5.74, 6) is -1.39. The molecule has 1 aromatic heterocycles. The molecule has 8 nitrogen and oxygen atoms in total. The molecule has 0 aliphatic carbocycles. The second-order valence-corrected chi connectivity index (χ2v) is 14.0. The SMILES string of the molecule is Cc1nc(C(=O)O)c(-c2ccc(OCCc3ccc(F)cc3)cc2)c(N2CCC(C)(C)CC2)c1C(OC(C)(C)C)C(=O)OC(C)C. The largest absolute Gasteiger partial charge is 0.493 e. The molecule has 1 atom stereocenters. The second kappa shape index (κ2) is 14.2. The Morgan fingerprint density at radius 2 is 1.63 bits per heavy atom. The van der Waals surface area contributed by atoms with Crippen LogP contribution < -0.4 is 9.64 Å². The number of carbonyl (C=O) groups excluding carboxylic acids is 1. The van der Waals surface area contributed by atoms with E-state index in [1.165, 1.54) is 12.1 Å². The number of carboxylic acid groups (broad SMARTS) is 1. The summed E-state index contributed by atoms with van der Waals surface area (Å²) in [6, 6.07) is 13.5. The molecule has 1 N–H and O–H groups in total. The Labute approximate surface area is 271 Å². The standard InChI is InChI=1S/C37H47FN2O6/c1-23(2)45-35(43)33(46-36(4,5)6)29-24(3)39-31(34(41)42)30(32(29)40-20-18-37(7,8)19-21-40)26-11-15-28(16-12-26)44-22-17-25-9-13-27(38)14-10-25/h9-16,23,33H,17-22H2,1-8H3,(H,41,42). The van der Waals surface area contributed by atoms with Gasteiger partial charge in [0.05, 0.1) is 24.0 Å². The maximum Gasteiger partial charge on any atom is 0.355 e. The molecule has 1 aliphatic rings. The second-order valence-electron chi connectivity index (χ2n) is 14.0. The molecule has 1 unspecified atom stereocenters. The van der Waals surface area contributed by atoms with Crippen LogP contribution >= 0.6 is 0 Å². The van der Waals surface area contributed by atoms with Gasteiger partial charge in [0.2, 0.25) is 0 Å². The highest BCUT2D eigenvalue weighted by Gasteiger charge is 2.38. The zero-order valence-electron chi connectivity index (χ0n) is 28.3. The van der Waals surface area contributed by atoms with Crippen molar-refractivity contribution in [3.8, 4) is 16.9 Å². The third kappa shape index (κ3) is 8.84. The summed E-state index contributed by atoms with van der Waals surface area (Å²) in [6.45, 7) is 17.1. The van der Waals surface area contributed by atoms with Crippen LogP contribution in [0, 0.1) is 18.2 Å². The fourth-order valence-electron chi connectivity index (χ4n) is 5.64. The van der Waals surface area contributed by atoms with E-state index in [1.807, 2.05) is 32.9 Å². The van der Waals surface area contributed by atoms with E-state index in [2.05, 4.69) is 23.7 Å². The van der Waals surface area contributed by atoms with Crippen molar-refractivity contribution in [3.63, 3.8) is 0 Å². The maximum atomic E-state index is 13.7. The molecule has 1 saturated heterocycles. The number of anilines is 1. The number of carbonyl (C=O) groups is 2. The van der Waals surface area contributed by atoms with Crippen molar-refractivity contribution in [1.82, 2.24) is 4.98 Å². The molecule has 1 aliphatic heterocycles. The molecule has 0 saturated carbocycles. The fourth-order valence-corrected chi connectivity index (χ4v) is 5.64. The van der Waals surface area contributed by atoms with E-state index in [4.69, 9.17) is 14.2 Å². The minimum absolute atomic E-state index is 0.0993. The molecule has 2 heterocycles. The lowest BCUT2D eigenvalue weighted by atomic mass is 9.81. The highest BCUT2D eigenvalue weighted by molar-refractivity contribution is 6.00. The van der Waals surface area contributed by atoms with Gasteiger partial charge in [-0.3, -0.25) is 0 Å². The van der Waals surface area contributed by atoms with Crippen molar-refractivity contribution in [2.24, 2.45) is 5.41 Å². The normalized spacial score (nSPS) is 15.5. The quantitative estimate of drug-likeness (QED) is 0.212. The zero-order chi connectivity index (χ0) is 33.8. The van der Waals surface area contributed by atoms with Crippen molar-refractivity contribution in [2.75, 3.05) is 24.6 Å². The predicted molar refractivity (Wildman–Crippen MR) is 177 cm³/mol. The van der Waals surface area contributed by atoms with E-state index < -0.39 is 23.6 Å². The number of pyridine rings is 1. The van der Waals surface area contributed by atoms with Crippen LogP contribution in [0.1, 0.15) is 94.7 Å². The van der Waals surface area contributed by atoms with Gasteiger partial charge in [-0.25, -0.2) is 19.0 Å². The van der Waals surface area contributed by atoms with E-state index >= 15 is 0 Å². The van der Waals surface area contributed by atoms with Gasteiger partial charge in [0.15, 0.2) is 11.8 Å². The number of hydrogen-bond donors (Lipinski definition) is 1. The van der Waals surface area contributed by atoms with Gasteiger partial charge in [0, 0.05) is 36.3 Å². The molecule has 0 spiro atoms. The van der Waals surface area contributed by atoms with Gasteiger partial charge >= 0.3 is 11.9 Å².